The van der Waals surface area contributed by atoms with E-state index >= 15 is 0 Å². The number of aromatic hydroxyl groups is 1. The lowest BCUT2D eigenvalue weighted by atomic mass is 9.87. The van der Waals surface area contributed by atoms with E-state index in [2.05, 4.69) is 33.9 Å². The molecule has 0 fully saturated rings. The van der Waals surface area contributed by atoms with E-state index < -0.39 is 0 Å². The Hall–Kier alpha value is -1.91. The molecule has 24 heavy (non-hydrogen) atoms. The summed E-state index contributed by atoms with van der Waals surface area (Å²) in [7, 11) is 1.45. The van der Waals surface area contributed by atoms with E-state index in [1.54, 1.807) is 12.1 Å². The van der Waals surface area contributed by atoms with Crippen LogP contribution in [0.3, 0.4) is 0 Å². The monoisotopic (exact) mass is 408 g/mol. The van der Waals surface area contributed by atoms with Gasteiger partial charge in [-0.2, -0.15) is 5.26 Å². The number of phenols is 1. The topological polar surface area (TPSA) is 82.3 Å². The number of thioether (sulfide) groups is 1. The molecule has 1 atom stereocenters. The summed E-state index contributed by atoms with van der Waals surface area (Å²) < 4.78 is 5.62. The Bertz CT molecular complexity index is 768. The molecule has 1 amide bonds. The Balaban J connectivity index is 2.49. The van der Waals surface area contributed by atoms with Crippen LogP contribution in [-0.4, -0.2) is 23.9 Å². The zero-order chi connectivity index (χ0) is 17.9. The Morgan fingerprint density at radius 1 is 1.62 bits per heavy atom. The van der Waals surface area contributed by atoms with E-state index in [1.165, 1.54) is 18.9 Å². The lowest BCUT2D eigenvalue weighted by Crippen LogP contribution is -2.31. The summed E-state index contributed by atoms with van der Waals surface area (Å²) in [5, 5.41) is 22.9. The summed E-state index contributed by atoms with van der Waals surface area (Å²) in [4.78, 5) is 12.1. The summed E-state index contributed by atoms with van der Waals surface area (Å²) in [5.41, 5.74) is 2.19. The van der Waals surface area contributed by atoms with E-state index in [-0.39, 0.29) is 24.0 Å². The molecule has 1 unspecified atom stereocenters. The smallest absolute Gasteiger partial charge is 0.225 e. The van der Waals surface area contributed by atoms with Crippen LogP contribution in [0.4, 0.5) is 0 Å². The maximum atomic E-state index is 12.1. The Labute approximate surface area is 153 Å². The number of nitrogens with zero attached hydrogens (tertiary/aromatic N) is 1. The van der Waals surface area contributed by atoms with Gasteiger partial charge in [-0.15, -0.1) is 11.8 Å². The van der Waals surface area contributed by atoms with Gasteiger partial charge in [0.05, 0.1) is 28.3 Å². The standard InChI is InChI=1S/C17H17BrN2O3S/c1-9(2)8-24-17-12(7-19)11(6-15(21)20-17)10-4-13(18)16(22)14(5-10)23-3/h4-5,11,22H,1,6,8H2,2-3H3,(H,20,21). The highest BCUT2D eigenvalue weighted by Gasteiger charge is 2.30. The van der Waals surface area contributed by atoms with Crippen LogP contribution in [0.2, 0.25) is 0 Å². The summed E-state index contributed by atoms with van der Waals surface area (Å²) in [6.45, 7) is 5.73. The van der Waals surface area contributed by atoms with E-state index in [4.69, 9.17) is 4.74 Å². The average molecular weight is 409 g/mol. The van der Waals surface area contributed by atoms with Crippen molar-refractivity contribution in [2.75, 3.05) is 12.9 Å². The van der Waals surface area contributed by atoms with Crippen LogP contribution < -0.4 is 10.1 Å². The molecule has 0 spiro atoms. The number of ether oxygens (including phenoxy) is 1. The third-order valence-electron chi connectivity index (χ3n) is 3.49. The van der Waals surface area contributed by atoms with Gasteiger partial charge < -0.3 is 15.2 Å². The molecule has 0 aromatic heterocycles. The molecule has 1 aromatic carbocycles. The minimum Gasteiger partial charge on any atom is -0.503 e. The molecule has 2 N–H and O–H groups in total. The largest absolute Gasteiger partial charge is 0.503 e. The van der Waals surface area contributed by atoms with Crippen LogP contribution in [-0.2, 0) is 4.79 Å². The first kappa shape index (κ1) is 18.4. The second-order valence-corrected chi connectivity index (χ2v) is 7.30. The second-order valence-electron chi connectivity index (χ2n) is 5.46. The van der Waals surface area contributed by atoms with Crippen molar-refractivity contribution in [1.82, 2.24) is 5.32 Å². The van der Waals surface area contributed by atoms with Gasteiger partial charge in [-0.25, -0.2) is 0 Å². The van der Waals surface area contributed by atoms with Crippen LogP contribution in [0, 0.1) is 11.3 Å². The summed E-state index contributed by atoms with van der Waals surface area (Å²) in [6, 6.07) is 5.58. The molecule has 0 saturated carbocycles. The first-order valence-corrected chi connectivity index (χ1v) is 8.93. The number of rotatable bonds is 5. The molecular weight excluding hydrogens is 392 g/mol. The Morgan fingerprint density at radius 3 is 2.92 bits per heavy atom. The van der Waals surface area contributed by atoms with Crippen molar-refractivity contribution in [1.29, 1.82) is 5.26 Å². The highest BCUT2D eigenvalue weighted by Crippen LogP contribution is 2.42. The van der Waals surface area contributed by atoms with E-state index in [1.807, 2.05) is 6.92 Å². The number of halogens is 1. The van der Waals surface area contributed by atoms with E-state index in [0.29, 0.717) is 26.6 Å². The van der Waals surface area contributed by atoms with Crippen LogP contribution in [0.1, 0.15) is 24.8 Å². The molecule has 5 nitrogen and oxygen atoms in total. The molecule has 0 bridgehead atoms. The molecule has 1 aliphatic rings. The normalized spacial score (nSPS) is 17.2. The fraction of sp³-hybridized carbons (Fsp3) is 0.294. The molecule has 0 aliphatic carbocycles. The molecular formula is C17H17BrN2O3S. The van der Waals surface area contributed by atoms with Crippen molar-refractivity contribution in [2.45, 2.75) is 19.3 Å². The van der Waals surface area contributed by atoms with Crippen LogP contribution in [0.5, 0.6) is 11.5 Å². The number of carbonyl (C=O) groups is 1. The number of phenolic OH excluding ortho intramolecular Hbond substituents is 1. The van der Waals surface area contributed by atoms with E-state index in [9.17, 15) is 15.2 Å². The second kappa shape index (κ2) is 7.77. The van der Waals surface area contributed by atoms with Gasteiger partial charge in [-0.1, -0.05) is 12.2 Å². The van der Waals surface area contributed by atoms with Gasteiger partial charge in [0.2, 0.25) is 5.91 Å². The maximum Gasteiger partial charge on any atom is 0.225 e. The zero-order valence-electron chi connectivity index (χ0n) is 13.4. The first-order chi connectivity index (χ1) is 11.4. The molecule has 7 heteroatoms. The van der Waals surface area contributed by atoms with Crippen LogP contribution in [0.15, 0.2) is 39.4 Å². The Kier molecular flexibility index (Phi) is 5.97. The van der Waals surface area contributed by atoms with Gasteiger partial charge in [0.1, 0.15) is 0 Å². The number of benzene rings is 1. The molecule has 1 aromatic rings. The summed E-state index contributed by atoms with van der Waals surface area (Å²) in [6.07, 6.45) is 0.167. The minimum atomic E-state index is -0.387. The average Bonchev–Trinajstić information content (AvgIpc) is 2.54. The molecule has 2 rings (SSSR count). The fourth-order valence-electron chi connectivity index (χ4n) is 2.36. The summed E-state index contributed by atoms with van der Waals surface area (Å²) in [5.74, 6) is 0.365. The van der Waals surface area contributed by atoms with Gasteiger partial charge in [0.15, 0.2) is 11.5 Å². The lowest BCUT2D eigenvalue weighted by Gasteiger charge is -2.25. The quantitative estimate of drug-likeness (QED) is 0.723. The zero-order valence-corrected chi connectivity index (χ0v) is 15.8. The number of methoxy groups -OCH3 is 1. The number of carbonyl (C=O) groups excluding carboxylic acids is 1. The minimum absolute atomic E-state index is 0.0131. The lowest BCUT2D eigenvalue weighted by molar-refractivity contribution is -0.120. The SMILES string of the molecule is C=C(C)CSC1=C(C#N)C(c2cc(Br)c(O)c(OC)c2)CC(=O)N1. The molecule has 0 saturated heterocycles. The molecule has 126 valence electrons. The van der Waals surface area contributed by atoms with Crippen molar-refractivity contribution in [3.63, 3.8) is 0 Å². The van der Waals surface area contributed by atoms with Crippen molar-refractivity contribution in [3.8, 4) is 17.6 Å². The number of amides is 1. The predicted molar refractivity (Wildman–Crippen MR) is 97.8 cm³/mol. The third-order valence-corrected chi connectivity index (χ3v) is 5.34. The Morgan fingerprint density at radius 2 is 2.33 bits per heavy atom. The van der Waals surface area contributed by atoms with Crippen molar-refractivity contribution in [3.05, 3.63) is 44.9 Å². The first-order valence-electron chi connectivity index (χ1n) is 7.15. The molecule has 1 aliphatic heterocycles. The predicted octanol–water partition coefficient (Wildman–Crippen LogP) is 3.81. The maximum absolute atomic E-state index is 12.1. The van der Waals surface area contributed by atoms with E-state index in [0.717, 1.165) is 11.1 Å². The van der Waals surface area contributed by atoms with Gasteiger partial charge in [0.25, 0.3) is 0 Å². The van der Waals surface area contributed by atoms with Crippen LogP contribution >= 0.6 is 27.7 Å². The molecule has 1 heterocycles. The van der Waals surface area contributed by atoms with Gasteiger partial charge in [-0.05, 0) is 40.5 Å². The number of allylic oxidation sites excluding steroid dienone is 1. The van der Waals surface area contributed by atoms with Crippen molar-refractivity contribution in [2.24, 2.45) is 0 Å². The fourth-order valence-corrected chi connectivity index (χ4v) is 3.74. The van der Waals surface area contributed by atoms with Gasteiger partial charge in [0, 0.05) is 18.1 Å². The van der Waals surface area contributed by atoms with Crippen molar-refractivity contribution >= 4 is 33.6 Å². The number of nitrogens with one attached hydrogen (secondary N) is 1. The molecule has 0 radical (unpaired) electrons. The van der Waals surface area contributed by atoms with Gasteiger partial charge >= 0.3 is 0 Å². The number of nitriles is 1. The number of hydrogen-bond donors (Lipinski definition) is 2. The summed E-state index contributed by atoms with van der Waals surface area (Å²) >= 11 is 4.67. The number of hydrogen-bond acceptors (Lipinski definition) is 5. The third kappa shape index (κ3) is 3.94. The highest BCUT2D eigenvalue weighted by molar-refractivity contribution is 9.10. The van der Waals surface area contributed by atoms with Crippen LogP contribution in [0.25, 0.3) is 0 Å². The van der Waals surface area contributed by atoms with Gasteiger partial charge in [-0.3, -0.25) is 4.79 Å². The highest BCUT2D eigenvalue weighted by atomic mass is 79.9. The van der Waals surface area contributed by atoms with Crippen molar-refractivity contribution < 1.29 is 14.6 Å².